The third-order valence-corrected chi connectivity index (χ3v) is 13.2. The minimum absolute atomic E-state index is 0. The Bertz CT molecular complexity index is 2990. The zero-order valence-electron chi connectivity index (χ0n) is 41.4. The van der Waals surface area contributed by atoms with Crippen LogP contribution in [-0.4, -0.2) is 144 Å². The normalized spacial score (nSPS) is 17.8. The van der Waals surface area contributed by atoms with Crippen molar-refractivity contribution in [2.24, 2.45) is 0 Å². The van der Waals surface area contributed by atoms with Gasteiger partial charge in [-0.3, -0.25) is 14.4 Å². The van der Waals surface area contributed by atoms with Crippen LogP contribution in [0.1, 0.15) is 126 Å². The molecule has 0 radical (unpaired) electrons. The van der Waals surface area contributed by atoms with Gasteiger partial charge >= 0.3 is 5.97 Å². The number of carbonyl (C=O) groups excluding carboxylic acids is 3. The first kappa shape index (κ1) is 50.7. The Labute approximate surface area is 412 Å². The molecule has 4 N–H and O–H groups in total. The van der Waals surface area contributed by atoms with E-state index in [0.717, 1.165) is 72.4 Å². The molecule has 6 heterocycles. The largest absolute Gasteiger partial charge is 0.479 e. The number of imidazole rings is 2. The second kappa shape index (κ2) is 19.1. The maximum absolute atomic E-state index is 13.6. The van der Waals surface area contributed by atoms with Crippen LogP contribution >= 0.6 is 0 Å². The number of nitrogens with one attached hydrogen (secondary N) is 1. The van der Waals surface area contributed by atoms with Gasteiger partial charge in [0.05, 0.1) is 34.9 Å². The van der Waals surface area contributed by atoms with Crippen molar-refractivity contribution in [2.45, 2.75) is 115 Å². The average molecular weight is 979 g/mol. The Balaban J connectivity index is 0.000000187. The number of aliphatic hydroxyl groups is 2. The molecular formula is C52H64F2N10O7. The van der Waals surface area contributed by atoms with E-state index in [1.54, 1.807) is 55.5 Å². The predicted molar refractivity (Wildman–Crippen MR) is 263 cm³/mol. The molecule has 4 aliphatic rings. The van der Waals surface area contributed by atoms with Gasteiger partial charge in [-0.15, -0.1) is 0 Å². The van der Waals surface area contributed by atoms with E-state index in [-0.39, 0.29) is 36.3 Å². The van der Waals surface area contributed by atoms with Gasteiger partial charge in [0.2, 0.25) is 0 Å². The number of aromatic nitrogens is 6. The first-order valence-corrected chi connectivity index (χ1v) is 24.0. The summed E-state index contributed by atoms with van der Waals surface area (Å²) in [6, 6.07) is 16.6. The minimum Gasteiger partial charge on any atom is -0.479 e. The fourth-order valence-corrected chi connectivity index (χ4v) is 8.85. The third kappa shape index (κ3) is 11.3. The lowest BCUT2D eigenvalue weighted by atomic mass is 9.96. The predicted octanol–water partition coefficient (Wildman–Crippen LogP) is 6.57. The van der Waals surface area contributed by atoms with Crippen molar-refractivity contribution >= 4 is 35.0 Å². The fourth-order valence-electron chi connectivity index (χ4n) is 8.85. The Morgan fingerprint density at radius 2 is 1.08 bits per heavy atom. The average Bonchev–Trinajstić information content (AvgIpc) is 4.24. The summed E-state index contributed by atoms with van der Waals surface area (Å²) in [6.45, 7) is 16.5. The van der Waals surface area contributed by atoms with Crippen molar-refractivity contribution < 1.29 is 44.7 Å². The smallest absolute Gasteiger partial charge is 0.335 e. The van der Waals surface area contributed by atoms with Gasteiger partial charge in [-0.05, 0) is 154 Å². The summed E-state index contributed by atoms with van der Waals surface area (Å²) in [6.07, 6.45) is 7.73. The standard InChI is InChI=1S/C26H30FN5O3.C22H24FN5O.C4H8O3.H2/c1-25(2)15-30(24(34)26(3,4)35)11-12-31(25)23(33)21-14-32-22(28-21)19(16-5-6-16)13-20(29-32)17-7-9-18(27)10-8-17;1-22(2)13-24-9-10-27(22)21(29)19-12-28-20(25-19)17(14-3-4-14)11-18(26-28)15-5-7-16(23)8-6-15;1-4(2,7)3(5)6;/h7-10,13-14,16,35H,5-6,11-12,15H2,1-4H3;5-8,11-12,14,24H,3-4,9-10,13H2,1-2H3;7H,1-2H3,(H,5,6);1H. The first-order valence-electron chi connectivity index (χ1n) is 24.0. The highest BCUT2D eigenvalue weighted by atomic mass is 19.1. The molecule has 378 valence electrons. The SMILES string of the molecule is CC(C)(O)C(=O)N1CCN(C(=O)c2cn3nc(-c4ccc(F)cc4)cc(C4CC4)c3n2)C(C)(C)C1.CC(C)(O)C(=O)O.CC1(C)CNCCN1C(=O)c1cn2nc(-c3ccc(F)cc3)cc(C3CC3)c2n1.[HH]. The minimum atomic E-state index is -1.58. The number of amides is 3. The van der Waals surface area contributed by atoms with E-state index < -0.39 is 22.7 Å². The van der Waals surface area contributed by atoms with Crippen LogP contribution in [-0.2, 0) is 9.59 Å². The lowest BCUT2D eigenvalue weighted by Crippen LogP contribution is -2.64. The van der Waals surface area contributed by atoms with Crippen LogP contribution in [0.25, 0.3) is 33.8 Å². The van der Waals surface area contributed by atoms with Crippen LogP contribution < -0.4 is 5.32 Å². The molecular weight excluding hydrogens is 915 g/mol. The number of benzene rings is 2. The molecule has 0 unspecified atom stereocenters. The van der Waals surface area contributed by atoms with Crippen molar-refractivity contribution in [1.82, 2.24) is 49.2 Å². The molecule has 0 atom stereocenters. The number of piperazine rings is 2. The Hall–Kier alpha value is -6.70. The highest BCUT2D eigenvalue weighted by Crippen LogP contribution is 2.44. The summed E-state index contributed by atoms with van der Waals surface area (Å²) in [7, 11) is 0. The molecule has 3 amide bonds. The van der Waals surface area contributed by atoms with Gasteiger partial charge < -0.3 is 35.3 Å². The summed E-state index contributed by atoms with van der Waals surface area (Å²) in [5.74, 6) is -1.60. The van der Waals surface area contributed by atoms with Gasteiger partial charge in [0, 0.05) is 62.9 Å². The number of carbonyl (C=O) groups is 4. The molecule has 2 aliphatic carbocycles. The molecule has 4 fully saturated rings. The molecule has 71 heavy (non-hydrogen) atoms. The number of aliphatic carboxylic acids is 1. The van der Waals surface area contributed by atoms with Crippen LogP contribution in [0.4, 0.5) is 8.78 Å². The van der Waals surface area contributed by atoms with E-state index in [1.165, 1.54) is 52.0 Å². The quantitative estimate of drug-likeness (QED) is 0.128. The van der Waals surface area contributed by atoms with Crippen molar-refractivity contribution in [1.29, 1.82) is 0 Å². The number of fused-ring (bicyclic) bond motifs is 2. The van der Waals surface area contributed by atoms with E-state index in [1.807, 2.05) is 30.9 Å². The maximum atomic E-state index is 13.6. The van der Waals surface area contributed by atoms with Crippen LogP contribution in [0.5, 0.6) is 0 Å². The number of hydrogen-bond acceptors (Lipinski definition) is 11. The van der Waals surface area contributed by atoms with Crippen molar-refractivity contribution in [2.75, 3.05) is 39.3 Å². The van der Waals surface area contributed by atoms with Gasteiger partial charge in [-0.25, -0.2) is 32.6 Å². The lowest BCUT2D eigenvalue weighted by Gasteiger charge is -2.47. The number of halogens is 2. The van der Waals surface area contributed by atoms with Gasteiger partial charge in [-0.2, -0.15) is 10.2 Å². The zero-order chi connectivity index (χ0) is 51.4. The molecule has 2 saturated heterocycles. The molecule has 2 aromatic carbocycles. The topological polar surface area (TPSA) is 211 Å². The Morgan fingerprint density at radius 3 is 1.45 bits per heavy atom. The summed E-state index contributed by atoms with van der Waals surface area (Å²) in [5, 5.41) is 39.3. The number of carboxylic acids is 1. The van der Waals surface area contributed by atoms with E-state index in [4.69, 9.17) is 15.2 Å². The van der Waals surface area contributed by atoms with E-state index in [2.05, 4.69) is 34.3 Å². The van der Waals surface area contributed by atoms with Crippen LogP contribution in [0.3, 0.4) is 0 Å². The first-order chi connectivity index (χ1) is 33.3. The molecule has 2 aliphatic heterocycles. The molecule has 0 bridgehead atoms. The molecule has 0 spiro atoms. The summed E-state index contributed by atoms with van der Waals surface area (Å²) in [5.41, 5.74) is 3.43. The van der Waals surface area contributed by atoms with Crippen LogP contribution in [0.15, 0.2) is 73.1 Å². The van der Waals surface area contributed by atoms with Gasteiger partial charge in [0.25, 0.3) is 17.7 Å². The molecule has 10 rings (SSSR count). The number of carboxylic acid groups (broad SMARTS) is 1. The number of nitrogens with zero attached hydrogens (tertiary/aromatic N) is 9. The third-order valence-electron chi connectivity index (χ3n) is 13.2. The number of hydrogen-bond donors (Lipinski definition) is 4. The highest BCUT2D eigenvalue weighted by Gasteiger charge is 2.42. The summed E-state index contributed by atoms with van der Waals surface area (Å²) < 4.78 is 30.1. The molecule has 4 aromatic heterocycles. The Morgan fingerprint density at radius 1 is 0.662 bits per heavy atom. The lowest BCUT2D eigenvalue weighted by molar-refractivity contribution is -0.154. The zero-order valence-corrected chi connectivity index (χ0v) is 41.4. The second-order valence-corrected chi connectivity index (χ2v) is 21.2. The van der Waals surface area contributed by atoms with Crippen LogP contribution in [0, 0.1) is 11.6 Å². The number of rotatable bonds is 8. The summed E-state index contributed by atoms with van der Waals surface area (Å²) in [4.78, 5) is 63.8. The second-order valence-electron chi connectivity index (χ2n) is 21.2. The van der Waals surface area contributed by atoms with E-state index in [0.29, 0.717) is 60.7 Å². The Kier molecular flexibility index (Phi) is 13.7. The molecule has 6 aromatic rings. The van der Waals surface area contributed by atoms with E-state index in [9.17, 15) is 33.1 Å². The molecule has 17 nitrogen and oxygen atoms in total. The molecule has 2 saturated carbocycles. The monoisotopic (exact) mass is 978 g/mol. The van der Waals surface area contributed by atoms with Gasteiger partial charge in [-0.1, -0.05) is 0 Å². The molecule has 19 heteroatoms. The van der Waals surface area contributed by atoms with Crippen molar-refractivity contribution in [3.8, 4) is 22.5 Å². The van der Waals surface area contributed by atoms with Gasteiger partial charge in [0.15, 0.2) is 16.9 Å². The van der Waals surface area contributed by atoms with Crippen LogP contribution in [0.2, 0.25) is 0 Å². The van der Waals surface area contributed by atoms with Crippen molar-refractivity contribution in [3.05, 3.63) is 107 Å². The van der Waals surface area contributed by atoms with E-state index >= 15 is 0 Å². The van der Waals surface area contributed by atoms with Crippen molar-refractivity contribution in [3.63, 3.8) is 0 Å². The van der Waals surface area contributed by atoms with Gasteiger partial charge in [0.1, 0.15) is 28.6 Å². The summed E-state index contributed by atoms with van der Waals surface area (Å²) >= 11 is 0. The maximum Gasteiger partial charge on any atom is 0.335 e. The fraction of sp³-hybridized carbons (Fsp3) is 0.462. The highest BCUT2D eigenvalue weighted by molar-refractivity contribution is 5.95.